The summed E-state index contributed by atoms with van der Waals surface area (Å²) in [4.78, 5) is 27.5. The average Bonchev–Trinajstić information content (AvgIpc) is 3.22. The summed E-state index contributed by atoms with van der Waals surface area (Å²) in [5, 5.41) is 11.7. The number of piperidine rings is 1. The van der Waals surface area contributed by atoms with Gasteiger partial charge in [0.2, 0.25) is 0 Å². The van der Waals surface area contributed by atoms with Crippen molar-refractivity contribution in [3.05, 3.63) is 39.3 Å². The van der Waals surface area contributed by atoms with E-state index in [4.69, 9.17) is 0 Å². The lowest BCUT2D eigenvalue weighted by Gasteiger charge is -2.40. The molecule has 2 aromatic rings. The molecule has 0 bridgehead atoms. The molecule has 2 N–H and O–H groups in total. The van der Waals surface area contributed by atoms with Crippen LogP contribution in [0.5, 0.6) is 0 Å². The summed E-state index contributed by atoms with van der Waals surface area (Å²) >= 11 is 1.49. The number of thiophene rings is 1. The maximum atomic E-state index is 12.8. The number of nitrogens with zero attached hydrogens (tertiary/aromatic N) is 2. The minimum absolute atomic E-state index is 0.0695. The lowest BCUT2D eigenvalue weighted by atomic mass is 9.77. The van der Waals surface area contributed by atoms with Gasteiger partial charge in [0.05, 0.1) is 22.3 Å². The number of hydrogen-bond acceptors (Lipinski definition) is 4. The Morgan fingerprint density at radius 1 is 1.46 bits per heavy atom. The molecule has 0 aliphatic carbocycles. The second-order valence-electron chi connectivity index (χ2n) is 6.62. The number of aromatic nitrogens is 2. The van der Waals surface area contributed by atoms with E-state index >= 15 is 0 Å². The van der Waals surface area contributed by atoms with Crippen LogP contribution < -0.4 is 5.32 Å². The number of nitrogens with one attached hydrogen (secondary N) is 2. The van der Waals surface area contributed by atoms with Crippen molar-refractivity contribution in [2.24, 2.45) is 0 Å². The highest BCUT2D eigenvalue weighted by Gasteiger charge is 2.38. The number of aromatic amines is 1. The molecule has 1 saturated heterocycles. The fourth-order valence-electron chi connectivity index (χ4n) is 3.37. The molecule has 7 heteroatoms. The van der Waals surface area contributed by atoms with E-state index < -0.39 is 0 Å². The molecule has 0 spiro atoms. The van der Waals surface area contributed by atoms with E-state index in [0.717, 1.165) is 35.5 Å². The van der Waals surface area contributed by atoms with Crippen LogP contribution in [0.4, 0.5) is 0 Å². The quantitative estimate of drug-likeness (QED) is 0.895. The zero-order valence-corrected chi connectivity index (χ0v) is 15.0. The standard InChI is InChI=1S/C17H22N4O2S/c1-11-7-13(24-9-11)16(23)21-6-4-5-17(2,10-21)14-12(8-19-20-14)15(22)18-3/h7-9H,4-6,10H2,1-3H3,(H,18,22)(H,19,20). The lowest BCUT2D eigenvalue weighted by molar-refractivity contribution is 0.0651. The molecule has 1 atom stereocenters. The molecule has 2 aromatic heterocycles. The molecule has 6 nitrogen and oxygen atoms in total. The Balaban J connectivity index is 1.86. The van der Waals surface area contributed by atoms with Gasteiger partial charge in [0.25, 0.3) is 11.8 Å². The van der Waals surface area contributed by atoms with Crippen LogP contribution in [-0.4, -0.2) is 47.0 Å². The van der Waals surface area contributed by atoms with Gasteiger partial charge in [-0.3, -0.25) is 14.7 Å². The molecular formula is C17H22N4O2S. The van der Waals surface area contributed by atoms with Crippen LogP contribution >= 0.6 is 11.3 Å². The van der Waals surface area contributed by atoms with Crippen LogP contribution in [0.1, 0.15) is 51.1 Å². The normalized spacial score (nSPS) is 20.9. The molecule has 0 aromatic carbocycles. The third-order valence-electron chi connectivity index (χ3n) is 4.64. The fraction of sp³-hybridized carbons (Fsp3) is 0.471. The first-order chi connectivity index (χ1) is 11.4. The summed E-state index contributed by atoms with van der Waals surface area (Å²) < 4.78 is 0. The molecule has 1 fully saturated rings. The summed E-state index contributed by atoms with van der Waals surface area (Å²) in [6.45, 7) is 5.41. The van der Waals surface area contributed by atoms with Gasteiger partial charge in [-0.05, 0) is 36.8 Å². The predicted octanol–water partition coefficient (Wildman–Crippen LogP) is 2.33. The van der Waals surface area contributed by atoms with E-state index in [1.165, 1.54) is 11.3 Å². The number of carbonyl (C=O) groups is 2. The van der Waals surface area contributed by atoms with Gasteiger partial charge < -0.3 is 10.2 Å². The van der Waals surface area contributed by atoms with Gasteiger partial charge in [0, 0.05) is 25.6 Å². The van der Waals surface area contributed by atoms with Gasteiger partial charge in [0.15, 0.2) is 0 Å². The van der Waals surface area contributed by atoms with Crippen molar-refractivity contribution in [3.8, 4) is 0 Å². The molecule has 0 radical (unpaired) electrons. The van der Waals surface area contributed by atoms with E-state index in [0.29, 0.717) is 12.1 Å². The van der Waals surface area contributed by atoms with Crippen molar-refractivity contribution in [1.82, 2.24) is 20.4 Å². The van der Waals surface area contributed by atoms with Gasteiger partial charge in [-0.15, -0.1) is 11.3 Å². The van der Waals surface area contributed by atoms with E-state index in [-0.39, 0.29) is 17.2 Å². The van der Waals surface area contributed by atoms with Crippen molar-refractivity contribution in [2.45, 2.75) is 32.1 Å². The van der Waals surface area contributed by atoms with Crippen LogP contribution in [-0.2, 0) is 5.41 Å². The highest BCUT2D eigenvalue weighted by atomic mass is 32.1. The maximum Gasteiger partial charge on any atom is 0.263 e. The van der Waals surface area contributed by atoms with Gasteiger partial charge >= 0.3 is 0 Å². The number of amides is 2. The number of hydrogen-bond donors (Lipinski definition) is 2. The van der Waals surface area contributed by atoms with Crippen molar-refractivity contribution < 1.29 is 9.59 Å². The van der Waals surface area contributed by atoms with Crippen LogP contribution in [0.2, 0.25) is 0 Å². The first kappa shape index (κ1) is 16.7. The highest BCUT2D eigenvalue weighted by molar-refractivity contribution is 7.12. The van der Waals surface area contributed by atoms with E-state index in [2.05, 4.69) is 22.4 Å². The molecule has 1 unspecified atom stereocenters. The van der Waals surface area contributed by atoms with Crippen molar-refractivity contribution in [3.63, 3.8) is 0 Å². The Morgan fingerprint density at radius 2 is 2.25 bits per heavy atom. The Kier molecular flexibility index (Phi) is 4.45. The maximum absolute atomic E-state index is 12.8. The van der Waals surface area contributed by atoms with Crippen LogP contribution in [0, 0.1) is 6.92 Å². The second kappa shape index (κ2) is 6.39. The number of H-pyrrole nitrogens is 1. The number of carbonyl (C=O) groups excluding carboxylic acids is 2. The summed E-state index contributed by atoms with van der Waals surface area (Å²) in [6.07, 6.45) is 3.37. The van der Waals surface area contributed by atoms with E-state index in [1.807, 2.05) is 23.3 Å². The number of likely N-dealkylation sites (tertiary alicyclic amines) is 1. The van der Waals surface area contributed by atoms with Gasteiger partial charge in [-0.1, -0.05) is 6.92 Å². The predicted molar refractivity (Wildman–Crippen MR) is 93.5 cm³/mol. The summed E-state index contributed by atoms with van der Waals surface area (Å²) in [5.74, 6) is -0.0858. The molecule has 128 valence electrons. The smallest absolute Gasteiger partial charge is 0.263 e. The second-order valence-corrected chi connectivity index (χ2v) is 7.53. The fourth-order valence-corrected chi connectivity index (χ4v) is 4.23. The molecule has 1 aliphatic rings. The summed E-state index contributed by atoms with van der Waals surface area (Å²) in [5.41, 5.74) is 2.17. The van der Waals surface area contributed by atoms with E-state index in [9.17, 15) is 9.59 Å². The lowest BCUT2D eigenvalue weighted by Crippen LogP contribution is -2.47. The SMILES string of the molecule is CNC(=O)c1cn[nH]c1C1(C)CCCN(C(=O)c2cc(C)cs2)C1. The Labute approximate surface area is 145 Å². The minimum atomic E-state index is -0.307. The zero-order chi connectivity index (χ0) is 17.3. The van der Waals surface area contributed by atoms with Crippen LogP contribution in [0.25, 0.3) is 0 Å². The molecular weight excluding hydrogens is 324 g/mol. The first-order valence-corrected chi connectivity index (χ1v) is 8.93. The van der Waals surface area contributed by atoms with Gasteiger partial charge in [-0.2, -0.15) is 5.10 Å². The average molecular weight is 346 g/mol. The van der Waals surface area contributed by atoms with Crippen molar-refractivity contribution >= 4 is 23.2 Å². The summed E-state index contributed by atoms with van der Waals surface area (Å²) in [7, 11) is 1.61. The number of rotatable bonds is 3. The zero-order valence-electron chi connectivity index (χ0n) is 14.2. The Hall–Kier alpha value is -2.15. The van der Waals surface area contributed by atoms with Crippen molar-refractivity contribution in [2.75, 3.05) is 20.1 Å². The summed E-state index contributed by atoms with van der Waals surface area (Å²) in [6, 6.07) is 1.94. The van der Waals surface area contributed by atoms with Crippen molar-refractivity contribution in [1.29, 1.82) is 0 Å². The monoisotopic (exact) mass is 346 g/mol. The molecule has 3 heterocycles. The third kappa shape index (κ3) is 2.96. The Morgan fingerprint density at radius 3 is 2.92 bits per heavy atom. The molecule has 2 amide bonds. The Bertz CT molecular complexity index is 766. The number of aryl methyl sites for hydroxylation is 1. The molecule has 1 aliphatic heterocycles. The molecule has 24 heavy (non-hydrogen) atoms. The third-order valence-corrected chi connectivity index (χ3v) is 5.68. The largest absolute Gasteiger partial charge is 0.355 e. The van der Waals surface area contributed by atoms with Gasteiger partial charge in [-0.25, -0.2) is 0 Å². The molecule has 3 rings (SSSR count). The first-order valence-electron chi connectivity index (χ1n) is 8.05. The topological polar surface area (TPSA) is 78.1 Å². The van der Waals surface area contributed by atoms with Gasteiger partial charge in [0.1, 0.15) is 0 Å². The van der Waals surface area contributed by atoms with Crippen LogP contribution in [0.15, 0.2) is 17.6 Å². The minimum Gasteiger partial charge on any atom is -0.355 e. The highest BCUT2D eigenvalue weighted by Crippen LogP contribution is 2.35. The van der Waals surface area contributed by atoms with E-state index in [1.54, 1.807) is 13.2 Å². The molecule has 0 saturated carbocycles. The van der Waals surface area contributed by atoms with Crippen LogP contribution in [0.3, 0.4) is 0 Å².